The number of aromatic nitrogens is 1. The van der Waals surface area contributed by atoms with Crippen molar-refractivity contribution < 1.29 is 9.18 Å². The Morgan fingerprint density at radius 3 is 2.53 bits per heavy atom. The van der Waals surface area contributed by atoms with Crippen LogP contribution in [0.5, 0.6) is 0 Å². The molecule has 1 unspecified atom stereocenters. The van der Waals surface area contributed by atoms with Gasteiger partial charge in [0.15, 0.2) is 5.82 Å². The summed E-state index contributed by atoms with van der Waals surface area (Å²) in [5, 5.41) is 3.14. The van der Waals surface area contributed by atoms with Gasteiger partial charge < -0.3 is 16.0 Å². The zero-order valence-electron chi connectivity index (χ0n) is 20.4. The summed E-state index contributed by atoms with van der Waals surface area (Å²) in [7, 11) is 0. The molecule has 2 aliphatic rings. The van der Waals surface area contributed by atoms with E-state index in [4.69, 9.17) is 5.73 Å². The Morgan fingerprint density at radius 2 is 1.91 bits per heavy atom. The lowest BCUT2D eigenvalue weighted by Gasteiger charge is -2.37. The maximum Gasteiger partial charge on any atom is 0.220 e. The lowest BCUT2D eigenvalue weighted by atomic mass is 9.83. The highest BCUT2D eigenvalue weighted by Gasteiger charge is 2.29. The fraction of sp³-hybridized carbons (Fsp3) is 0.760. The Bertz CT molecular complexity index is 749. The number of rotatable bonds is 8. The second kappa shape index (κ2) is 10.8. The average Bonchev–Trinajstić information content (AvgIpc) is 2.75. The summed E-state index contributed by atoms with van der Waals surface area (Å²) in [5.74, 6) is 1.39. The molecule has 6 nitrogen and oxygen atoms in total. The van der Waals surface area contributed by atoms with Crippen molar-refractivity contribution in [2.24, 2.45) is 11.8 Å². The molecule has 7 heteroatoms. The number of alkyl halides is 1. The first-order chi connectivity index (χ1) is 15.1. The summed E-state index contributed by atoms with van der Waals surface area (Å²) in [6.07, 6.45) is 7.73. The lowest BCUT2D eigenvalue weighted by molar-refractivity contribution is -0.124. The number of aryl methyl sites for hydroxylation is 1. The number of hydrogen-bond acceptors (Lipinski definition) is 5. The van der Waals surface area contributed by atoms with Gasteiger partial charge in [-0.05, 0) is 82.9 Å². The van der Waals surface area contributed by atoms with Crippen molar-refractivity contribution in [1.29, 1.82) is 0 Å². The predicted molar refractivity (Wildman–Crippen MR) is 130 cm³/mol. The number of hydrogen-bond donors (Lipinski definition) is 2. The first-order valence-corrected chi connectivity index (χ1v) is 12.3. The molecule has 1 aliphatic carbocycles. The van der Waals surface area contributed by atoms with Crippen LogP contribution < -0.4 is 16.0 Å². The quantitative estimate of drug-likeness (QED) is 0.632. The minimum Gasteiger partial charge on any atom is -0.396 e. The molecule has 3 rings (SSSR count). The monoisotopic (exact) mass is 447 g/mol. The molecule has 2 fully saturated rings. The van der Waals surface area contributed by atoms with Gasteiger partial charge in [-0.1, -0.05) is 6.92 Å². The molecule has 1 amide bonds. The van der Waals surface area contributed by atoms with E-state index in [0.717, 1.165) is 68.6 Å². The van der Waals surface area contributed by atoms with E-state index < -0.39 is 5.67 Å². The van der Waals surface area contributed by atoms with E-state index in [9.17, 15) is 9.18 Å². The number of anilines is 2. The zero-order valence-corrected chi connectivity index (χ0v) is 20.4. The van der Waals surface area contributed by atoms with Crippen LogP contribution in [-0.4, -0.2) is 60.2 Å². The Morgan fingerprint density at radius 1 is 1.25 bits per heavy atom. The second-order valence-electron chi connectivity index (χ2n) is 10.4. The molecular formula is C25H42FN5O. The Balaban J connectivity index is 1.33. The van der Waals surface area contributed by atoms with Gasteiger partial charge >= 0.3 is 0 Å². The van der Waals surface area contributed by atoms with Gasteiger partial charge in [0, 0.05) is 44.8 Å². The van der Waals surface area contributed by atoms with Gasteiger partial charge in [0.1, 0.15) is 5.67 Å². The Labute approximate surface area is 193 Å². The van der Waals surface area contributed by atoms with E-state index in [0.29, 0.717) is 0 Å². The topological polar surface area (TPSA) is 74.5 Å². The number of pyridine rings is 1. The molecule has 3 N–H and O–H groups in total. The van der Waals surface area contributed by atoms with Gasteiger partial charge in [0.2, 0.25) is 5.91 Å². The fourth-order valence-corrected chi connectivity index (χ4v) is 4.76. The highest BCUT2D eigenvalue weighted by molar-refractivity contribution is 5.76. The Hall–Kier alpha value is -1.89. The summed E-state index contributed by atoms with van der Waals surface area (Å²) in [4.78, 5) is 21.6. The van der Waals surface area contributed by atoms with Crippen LogP contribution in [0.3, 0.4) is 0 Å². The number of amides is 1. The molecule has 1 aromatic rings. The molecule has 32 heavy (non-hydrogen) atoms. The van der Waals surface area contributed by atoms with Crippen LogP contribution in [0.2, 0.25) is 0 Å². The third-order valence-electron chi connectivity index (χ3n) is 7.59. The molecule has 2 heterocycles. The van der Waals surface area contributed by atoms with Crippen LogP contribution in [0.1, 0.15) is 64.9 Å². The second-order valence-corrected chi connectivity index (χ2v) is 10.4. The number of halogens is 1. The van der Waals surface area contributed by atoms with E-state index in [1.165, 1.54) is 19.3 Å². The summed E-state index contributed by atoms with van der Waals surface area (Å²) < 4.78 is 14.0. The van der Waals surface area contributed by atoms with Crippen molar-refractivity contribution in [3.8, 4) is 0 Å². The highest BCUT2D eigenvalue weighted by atomic mass is 19.1. The maximum atomic E-state index is 14.0. The molecule has 1 saturated heterocycles. The average molecular weight is 448 g/mol. The van der Waals surface area contributed by atoms with Crippen LogP contribution in [0.15, 0.2) is 12.3 Å². The number of nitrogens with zero attached hydrogens (tertiary/aromatic N) is 3. The van der Waals surface area contributed by atoms with Crippen molar-refractivity contribution in [1.82, 2.24) is 15.2 Å². The van der Waals surface area contributed by atoms with Gasteiger partial charge in [-0.3, -0.25) is 9.69 Å². The molecular weight excluding hydrogens is 405 g/mol. The van der Waals surface area contributed by atoms with Gasteiger partial charge in [-0.15, -0.1) is 0 Å². The number of piperazine rings is 1. The van der Waals surface area contributed by atoms with Crippen molar-refractivity contribution in [3.63, 3.8) is 0 Å². The summed E-state index contributed by atoms with van der Waals surface area (Å²) in [5.41, 5.74) is 6.80. The van der Waals surface area contributed by atoms with Crippen LogP contribution in [-0.2, 0) is 4.79 Å². The van der Waals surface area contributed by atoms with Crippen LogP contribution >= 0.6 is 0 Å². The van der Waals surface area contributed by atoms with E-state index in [1.807, 2.05) is 26.1 Å². The molecule has 0 spiro atoms. The van der Waals surface area contributed by atoms with Crippen molar-refractivity contribution in [2.45, 2.75) is 77.9 Å². The van der Waals surface area contributed by atoms with E-state index in [2.05, 4.69) is 20.1 Å². The third kappa shape index (κ3) is 6.80. The normalized spacial score (nSPS) is 23.7. The number of carbonyl (C=O) groups excluding carboxylic acids is 1. The highest BCUT2D eigenvalue weighted by Crippen LogP contribution is 2.29. The van der Waals surface area contributed by atoms with Crippen LogP contribution in [0.25, 0.3) is 0 Å². The minimum absolute atomic E-state index is 0.00622. The van der Waals surface area contributed by atoms with Gasteiger partial charge in [0.05, 0.1) is 5.69 Å². The number of carbonyl (C=O) groups is 1. The minimum atomic E-state index is -1.32. The summed E-state index contributed by atoms with van der Waals surface area (Å²) in [6.45, 7) is 12.1. The molecule has 0 radical (unpaired) electrons. The fourth-order valence-electron chi connectivity index (χ4n) is 4.76. The van der Waals surface area contributed by atoms with Crippen LogP contribution in [0, 0.1) is 18.8 Å². The van der Waals surface area contributed by atoms with Crippen LogP contribution in [0.4, 0.5) is 15.9 Å². The van der Waals surface area contributed by atoms with Crippen molar-refractivity contribution >= 4 is 17.4 Å². The molecule has 1 aliphatic heterocycles. The summed E-state index contributed by atoms with van der Waals surface area (Å²) in [6, 6.07) is 2.21. The van der Waals surface area contributed by atoms with Crippen molar-refractivity contribution in [3.05, 3.63) is 17.8 Å². The van der Waals surface area contributed by atoms with Gasteiger partial charge in [-0.2, -0.15) is 0 Å². The van der Waals surface area contributed by atoms with E-state index >= 15 is 0 Å². The Kier molecular flexibility index (Phi) is 8.37. The predicted octanol–water partition coefficient (Wildman–Crippen LogP) is 3.93. The molecule has 1 saturated carbocycles. The van der Waals surface area contributed by atoms with Gasteiger partial charge in [0.25, 0.3) is 0 Å². The first-order valence-electron chi connectivity index (χ1n) is 12.3. The SMILES string of the molecule is Cc1ccnc(N2CCN(CCC3CCC(NC(=O)CC(C)C(C)(C)F)CC3)CC2)c1N. The molecule has 180 valence electrons. The van der Waals surface area contributed by atoms with E-state index in [1.54, 1.807) is 13.8 Å². The number of nitrogens with one attached hydrogen (secondary N) is 1. The maximum absolute atomic E-state index is 14.0. The smallest absolute Gasteiger partial charge is 0.220 e. The molecule has 0 aromatic carbocycles. The molecule has 0 bridgehead atoms. The lowest BCUT2D eigenvalue weighted by Crippen LogP contribution is -2.47. The number of nitrogen functional groups attached to an aromatic ring is 1. The first kappa shape index (κ1) is 24.7. The zero-order chi connectivity index (χ0) is 23.3. The largest absolute Gasteiger partial charge is 0.396 e. The third-order valence-corrected chi connectivity index (χ3v) is 7.59. The summed E-state index contributed by atoms with van der Waals surface area (Å²) >= 11 is 0. The van der Waals surface area contributed by atoms with Crippen molar-refractivity contribution in [2.75, 3.05) is 43.4 Å². The molecule has 1 aromatic heterocycles. The molecule has 1 atom stereocenters. The standard InChI is InChI=1S/C25H42FN5O/c1-18-9-11-28-24(23(18)27)31-15-13-30(14-16-31)12-10-20-5-7-21(8-6-20)29-22(32)17-19(2)25(3,4)26/h9,11,19-21H,5-8,10,12-17,27H2,1-4H3,(H,29,32). The van der Waals surface area contributed by atoms with E-state index in [-0.39, 0.29) is 24.3 Å². The van der Waals surface area contributed by atoms with Gasteiger partial charge in [-0.25, -0.2) is 9.37 Å². The number of nitrogens with two attached hydrogens (primary N) is 1.